The van der Waals surface area contributed by atoms with Crippen LogP contribution in [-0.2, 0) is 4.74 Å². The molecular weight excluding hydrogens is 192 g/mol. The number of methoxy groups -OCH3 is 1. The monoisotopic (exact) mass is 210 g/mol. The van der Waals surface area contributed by atoms with Crippen molar-refractivity contribution in [2.75, 3.05) is 12.5 Å². The highest BCUT2D eigenvalue weighted by molar-refractivity contribution is 5.44. The van der Waals surface area contributed by atoms with Crippen LogP contribution in [0.3, 0.4) is 0 Å². The Balaban J connectivity index is 3.15. The maximum Gasteiger partial charge on any atom is 0.159 e. The van der Waals surface area contributed by atoms with Gasteiger partial charge in [-0.1, -0.05) is 6.92 Å². The zero-order chi connectivity index (χ0) is 11.4. The summed E-state index contributed by atoms with van der Waals surface area (Å²) in [6.45, 7) is 5.90. The molecule has 0 aliphatic rings. The second-order valence-corrected chi connectivity index (χ2v) is 3.42. The van der Waals surface area contributed by atoms with E-state index in [1.807, 2.05) is 20.8 Å². The molecule has 5 nitrogen and oxygen atoms in total. The van der Waals surface area contributed by atoms with E-state index in [1.165, 1.54) is 0 Å². The predicted molar refractivity (Wildman–Crippen MR) is 59.4 cm³/mol. The summed E-state index contributed by atoms with van der Waals surface area (Å²) in [4.78, 5) is 8.71. The molecule has 1 atom stereocenters. The van der Waals surface area contributed by atoms with Crippen LogP contribution in [0.5, 0.6) is 0 Å². The van der Waals surface area contributed by atoms with Crippen LogP contribution < -0.4 is 11.3 Å². The molecule has 0 spiro atoms. The first-order valence-corrected chi connectivity index (χ1v) is 4.98. The molecule has 0 radical (unpaired) electrons. The Kier molecular flexibility index (Phi) is 3.99. The van der Waals surface area contributed by atoms with E-state index < -0.39 is 0 Å². The molecule has 0 saturated heterocycles. The van der Waals surface area contributed by atoms with E-state index in [0.717, 1.165) is 17.7 Å². The molecule has 1 aromatic rings. The molecule has 0 saturated carbocycles. The normalized spacial score (nSPS) is 12.6. The quantitative estimate of drug-likeness (QED) is 0.581. The van der Waals surface area contributed by atoms with E-state index >= 15 is 0 Å². The minimum Gasteiger partial charge on any atom is -0.373 e. The van der Waals surface area contributed by atoms with E-state index in [1.54, 1.807) is 7.11 Å². The minimum atomic E-state index is -0.0728. The summed E-state index contributed by atoms with van der Waals surface area (Å²) < 4.78 is 5.29. The third kappa shape index (κ3) is 2.43. The van der Waals surface area contributed by atoms with Gasteiger partial charge in [0, 0.05) is 18.4 Å². The van der Waals surface area contributed by atoms with Gasteiger partial charge in [-0.3, -0.25) is 0 Å². The van der Waals surface area contributed by atoms with E-state index in [9.17, 15) is 0 Å². The zero-order valence-electron chi connectivity index (χ0n) is 9.66. The Bertz CT molecular complexity index is 336. The minimum absolute atomic E-state index is 0.0728. The summed E-state index contributed by atoms with van der Waals surface area (Å²) in [5.41, 5.74) is 4.46. The van der Waals surface area contributed by atoms with Crippen LogP contribution in [0.4, 0.5) is 5.82 Å². The highest BCUT2D eigenvalue weighted by atomic mass is 16.5. The van der Waals surface area contributed by atoms with Crippen LogP contribution in [0.25, 0.3) is 0 Å². The van der Waals surface area contributed by atoms with E-state index in [4.69, 9.17) is 10.6 Å². The predicted octanol–water partition coefficient (Wildman–Crippen LogP) is 1.48. The van der Waals surface area contributed by atoms with Crippen molar-refractivity contribution in [3.05, 3.63) is 17.1 Å². The van der Waals surface area contributed by atoms with Crippen molar-refractivity contribution in [1.29, 1.82) is 0 Å². The van der Waals surface area contributed by atoms with Gasteiger partial charge in [-0.15, -0.1) is 0 Å². The molecule has 1 rings (SSSR count). The number of nitrogens with one attached hydrogen (secondary N) is 1. The highest BCUT2D eigenvalue weighted by Gasteiger charge is 2.14. The number of hydrogen-bond donors (Lipinski definition) is 2. The molecule has 84 valence electrons. The van der Waals surface area contributed by atoms with Crippen molar-refractivity contribution in [3.63, 3.8) is 0 Å². The van der Waals surface area contributed by atoms with Gasteiger partial charge in [0.15, 0.2) is 5.82 Å². The molecule has 0 bridgehead atoms. The van der Waals surface area contributed by atoms with Crippen molar-refractivity contribution in [1.82, 2.24) is 9.97 Å². The van der Waals surface area contributed by atoms with Crippen molar-refractivity contribution >= 4 is 5.82 Å². The largest absolute Gasteiger partial charge is 0.373 e. The molecule has 0 aliphatic heterocycles. The third-order valence-corrected chi connectivity index (χ3v) is 2.49. The van der Waals surface area contributed by atoms with Crippen LogP contribution in [0.1, 0.15) is 36.5 Å². The number of hydrazine groups is 1. The van der Waals surface area contributed by atoms with Crippen LogP contribution in [0.15, 0.2) is 0 Å². The smallest absolute Gasteiger partial charge is 0.159 e. The topological polar surface area (TPSA) is 73.1 Å². The van der Waals surface area contributed by atoms with Gasteiger partial charge in [0.1, 0.15) is 11.9 Å². The number of anilines is 1. The number of rotatable bonds is 4. The summed E-state index contributed by atoms with van der Waals surface area (Å²) in [6.07, 6.45) is 0.764. The molecule has 3 N–H and O–H groups in total. The van der Waals surface area contributed by atoms with Gasteiger partial charge >= 0.3 is 0 Å². The lowest BCUT2D eigenvalue weighted by atomic mass is 10.2. The molecule has 0 fully saturated rings. The summed E-state index contributed by atoms with van der Waals surface area (Å²) in [7, 11) is 1.66. The Morgan fingerprint density at radius 3 is 2.53 bits per heavy atom. The molecule has 0 aliphatic carbocycles. The second kappa shape index (κ2) is 5.04. The standard InChI is InChI=1S/C10H18N4O/c1-5-8(15-4)10-12-7(3)6(2)9(13-10)14-11/h8H,5,11H2,1-4H3,(H,12,13,14). The van der Waals surface area contributed by atoms with E-state index in [2.05, 4.69) is 15.4 Å². The van der Waals surface area contributed by atoms with Crippen molar-refractivity contribution < 1.29 is 4.74 Å². The van der Waals surface area contributed by atoms with E-state index in [0.29, 0.717) is 11.6 Å². The third-order valence-electron chi connectivity index (χ3n) is 2.49. The fraction of sp³-hybridized carbons (Fsp3) is 0.600. The Morgan fingerprint density at radius 2 is 2.07 bits per heavy atom. The van der Waals surface area contributed by atoms with Crippen LogP contribution in [0, 0.1) is 13.8 Å². The number of hydrogen-bond acceptors (Lipinski definition) is 5. The van der Waals surface area contributed by atoms with Crippen molar-refractivity contribution in [3.8, 4) is 0 Å². The lowest BCUT2D eigenvalue weighted by molar-refractivity contribution is 0.0925. The van der Waals surface area contributed by atoms with Gasteiger partial charge < -0.3 is 10.2 Å². The first-order chi connectivity index (χ1) is 7.13. The Labute approximate surface area is 90.0 Å². The van der Waals surface area contributed by atoms with Crippen LogP contribution in [0.2, 0.25) is 0 Å². The lowest BCUT2D eigenvalue weighted by Gasteiger charge is -2.15. The Morgan fingerprint density at radius 1 is 1.40 bits per heavy atom. The average Bonchev–Trinajstić information content (AvgIpc) is 2.24. The molecule has 1 aromatic heterocycles. The van der Waals surface area contributed by atoms with Crippen LogP contribution >= 0.6 is 0 Å². The molecule has 15 heavy (non-hydrogen) atoms. The van der Waals surface area contributed by atoms with Gasteiger partial charge in [-0.05, 0) is 20.3 Å². The molecule has 0 aromatic carbocycles. The number of ether oxygens (including phenoxy) is 1. The second-order valence-electron chi connectivity index (χ2n) is 3.42. The maximum atomic E-state index is 5.39. The number of aromatic nitrogens is 2. The first kappa shape index (κ1) is 11.9. The molecule has 1 unspecified atom stereocenters. The molecule has 1 heterocycles. The van der Waals surface area contributed by atoms with Crippen molar-refractivity contribution in [2.45, 2.75) is 33.3 Å². The van der Waals surface area contributed by atoms with Gasteiger partial charge in [-0.2, -0.15) is 0 Å². The summed E-state index contributed by atoms with van der Waals surface area (Å²) >= 11 is 0. The molecule has 5 heteroatoms. The zero-order valence-corrected chi connectivity index (χ0v) is 9.66. The first-order valence-electron chi connectivity index (χ1n) is 4.98. The number of nitrogens with two attached hydrogens (primary N) is 1. The van der Waals surface area contributed by atoms with Gasteiger partial charge in [0.05, 0.1) is 0 Å². The summed E-state index contributed by atoms with van der Waals surface area (Å²) in [5.74, 6) is 6.73. The van der Waals surface area contributed by atoms with Crippen LogP contribution in [-0.4, -0.2) is 17.1 Å². The fourth-order valence-electron chi connectivity index (χ4n) is 1.39. The van der Waals surface area contributed by atoms with Gasteiger partial charge in [0.25, 0.3) is 0 Å². The lowest BCUT2D eigenvalue weighted by Crippen LogP contribution is -2.15. The molecular formula is C10H18N4O. The number of nitrogens with zero attached hydrogens (tertiary/aromatic N) is 2. The van der Waals surface area contributed by atoms with Gasteiger partial charge in [0.2, 0.25) is 0 Å². The van der Waals surface area contributed by atoms with Crippen molar-refractivity contribution in [2.24, 2.45) is 5.84 Å². The highest BCUT2D eigenvalue weighted by Crippen LogP contribution is 2.21. The number of aryl methyl sites for hydroxylation is 1. The summed E-state index contributed by atoms with van der Waals surface area (Å²) in [6, 6.07) is 0. The van der Waals surface area contributed by atoms with E-state index in [-0.39, 0.29) is 6.10 Å². The Hall–Kier alpha value is -1.20. The molecule has 0 amide bonds. The SMILES string of the molecule is CCC(OC)c1nc(C)c(C)c(NN)n1. The number of nitrogen functional groups attached to an aromatic ring is 1. The maximum absolute atomic E-state index is 5.39. The summed E-state index contributed by atoms with van der Waals surface area (Å²) in [5, 5.41) is 0. The van der Waals surface area contributed by atoms with Gasteiger partial charge in [-0.25, -0.2) is 15.8 Å². The average molecular weight is 210 g/mol. The fourth-order valence-corrected chi connectivity index (χ4v) is 1.39.